The number of carbonyl (C=O) groups is 1. The van der Waals surface area contributed by atoms with Gasteiger partial charge in [0.1, 0.15) is 12.0 Å². The SMILES string of the molecule is Cc1cc(C(=O)Nc2ccc([S+](C)[O-])cc2)ccc1-c1ccccc1OC(F)(F)F. The number of para-hydroxylation sites is 1. The van der Waals surface area contributed by atoms with E-state index in [9.17, 15) is 22.5 Å². The number of nitrogens with one attached hydrogen (secondary N) is 1. The fourth-order valence-corrected chi connectivity index (χ4v) is 3.46. The Kier molecular flexibility index (Phi) is 6.38. The van der Waals surface area contributed by atoms with Gasteiger partial charge >= 0.3 is 6.36 Å². The summed E-state index contributed by atoms with van der Waals surface area (Å²) in [6.45, 7) is 1.71. The molecule has 30 heavy (non-hydrogen) atoms. The minimum absolute atomic E-state index is 0.280. The highest BCUT2D eigenvalue weighted by molar-refractivity contribution is 7.90. The topological polar surface area (TPSA) is 61.4 Å². The van der Waals surface area contributed by atoms with Crippen molar-refractivity contribution < 1.29 is 27.3 Å². The van der Waals surface area contributed by atoms with E-state index < -0.39 is 17.5 Å². The summed E-state index contributed by atoms with van der Waals surface area (Å²) in [6, 6.07) is 17.2. The molecule has 0 aliphatic heterocycles. The van der Waals surface area contributed by atoms with Crippen molar-refractivity contribution in [2.45, 2.75) is 18.2 Å². The molecule has 1 amide bonds. The summed E-state index contributed by atoms with van der Waals surface area (Å²) in [5, 5.41) is 2.74. The van der Waals surface area contributed by atoms with E-state index in [2.05, 4.69) is 10.1 Å². The van der Waals surface area contributed by atoms with E-state index in [-0.39, 0.29) is 17.2 Å². The van der Waals surface area contributed by atoms with Crippen molar-refractivity contribution in [2.24, 2.45) is 0 Å². The lowest BCUT2D eigenvalue weighted by Gasteiger charge is -2.15. The predicted molar refractivity (Wildman–Crippen MR) is 110 cm³/mol. The monoisotopic (exact) mass is 433 g/mol. The number of hydrogen-bond donors (Lipinski definition) is 1. The second-order valence-electron chi connectivity index (χ2n) is 6.51. The maximum atomic E-state index is 12.7. The number of alkyl halides is 3. The summed E-state index contributed by atoms with van der Waals surface area (Å²) in [6.07, 6.45) is -3.24. The number of ether oxygens (including phenoxy) is 1. The van der Waals surface area contributed by atoms with Crippen LogP contribution in [0.25, 0.3) is 11.1 Å². The minimum atomic E-state index is -4.80. The number of halogens is 3. The molecule has 0 spiro atoms. The summed E-state index contributed by atoms with van der Waals surface area (Å²) in [5.74, 6) is -0.673. The normalized spacial score (nSPS) is 12.3. The average molecular weight is 433 g/mol. The zero-order valence-corrected chi connectivity index (χ0v) is 16.9. The molecule has 0 saturated heterocycles. The van der Waals surface area contributed by atoms with E-state index in [0.717, 1.165) is 0 Å². The lowest BCUT2D eigenvalue weighted by atomic mass is 9.97. The van der Waals surface area contributed by atoms with E-state index in [1.807, 2.05) is 0 Å². The van der Waals surface area contributed by atoms with Gasteiger partial charge in [0, 0.05) is 16.8 Å². The van der Waals surface area contributed by atoms with Gasteiger partial charge in [-0.05, 0) is 71.7 Å². The van der Waals surface area contributed by atoms with Crippen LogP contribution in [0.4, 0.5) is 18.9 Å². The van der Waals surface area contributed by atoms with E-state index >= 15 is 0 Å². The zero-order chi connectivity index (χ0) is 21.9. The molecule has 1 unspecified atom stereocenters. The second kappa shape index (κ2) is 8.81. The fraction of sp³-hybridized carbons (Fsp3) is 0.136. The van der Waals surface area contributed by atoms with Gasteiger partial charge in [0.05, 0.1) is 0 Å². The highest BCUT2D eigenvalue weighted by Crippen LogP contribution is 2.35. The summed E-state index contributed by atoms with van der Waals surface area (Å²) in [4.78, 5) is 13.2. The lowest BCUT2D eigenvalue weighted by molar-refractivity contribution is -0.274. The Morgan fingerprint density at radius 3 is 2.27 bits per heavy atom. The molecule has 1 atom stereocenters. The molecule has 4 nitrogen and oxygen atoms in total. The molecule has 0 aliphatic carbocycles. The highest BCUT2D eigenvalue weighted by atomic mass is 32.2. The number of carbonyl (C=O) groups excluding carboxylic acids is 1. The third-order valence-corrected chi connectivity index (χ3v) is 5.27. The maximum Gasteiger partial charge on any atom is 0.573 e. The van der Waals surface area contributed by atoms with Crippen LogP contribution in [0, 0.1) is 6.92 Å². The van der Waals surface area contributed by atoms with E-state index in [1.165, 1.54) is 24.3 Å². The lowest BCUT2D eigenvalue weighted by Crippen LogP contribution is -2.17. The van der Waals surface area contributed by atoms with Crippen LogP contribution in [-0.4, -0.2) is 23.1 Å². The summed E-state index contributed by atoms with van der Waals surface area (Å²) >= 11 is -1.11. The molecule has 0 bridgehead atoms. The summed E-state index contributed by atoms with van der Waals surface area (Å²) in [5.41, 5.74) is 2.33. The maximum absolute atomic E-state index is 12.7. The molecule has 0 aliphatic rings. The Hall–Kier alpha value is -2.97. The molecular weight excluding hydrogens is 415 g/mol. The number of hydrogen-bond acceptors (Lipinski definition) is 3. The Bertz CT molecular complexity index is 1050. The van der Waals surface area contributed by atoms with Gasteiger partial charge in [-0.15, -0.1) is 13.2 Å². The van der Waals surface area contributed by atoms with Crippen molar-refractivity contribution in [3.63, 3.8) is 0 Å². The van der Waals surface area contributed by atoms with Crippen molar-refractivity contribution in [1.29, 1.82) is 0 Å². The van der Waals surface area contributed by atoms with Crippen LogP contribution in [0.1, 0.15) is 15.9 Å². The largest absolute Gasteiger partial charge is 0.612 e. The van der Waals surface area contributed by atoms with Crippen molar-refractivity contribution in [3.05, 3.63) is 77.9 Å². The molecule has 156 valence electrons. The van der Waals surface area contributed by atoms with Gasteiger partial charge in [-0.1, -0.05) is 24.3 Å². The van der Waals surface area contributed by atoms with Crippen LogP contribution in [0.3, 0.4) is 0 Å². The van der Waals surface area contributed by atoms with Gasteiger partial charge in [-0.25, -0.2) is 0 Å². The number of rotatable bonds is 5. The summed E-state index contributed by atoms with van der Waals surface area (Å²) < 4.78 is 53.6. The number of aryl methyl sites for hydroxylation is 1. The quantitative estimate of drug-likeness (QED) is 0.537. The van der Waals surface area contributed by atoms with E-state index in [4.69, 9.17) is 0 Å². The van der Waals surface area contributed by atoms with E-state index in [1.54, 1.807) is 55.6 Å². The van der Waals surface area contributed by atoms with Crippen LogP contribution in [-0.2, 0) is 11.2 Å². The predicted octanol–water partition coefficient (Wildman–Crippen LogP) is 5.55. The number of benzene rings is 3. The molecular formula is C22H18F3NO3S. The summed E-state index contributed by atoms with van der Waals surface area (Å²) in [7, 11) is 0. The van der Waals surface area contributed by atoms with E-state index in [0.29, 0.717) is 27.3 Å². The van der Waals surface area contributed by atoms with Gasteiger partial charge in [0.15, 0.2) is 4.90 Å². The van der Waals surface area contributed by atoms with Crippen molar-refractivity contribution in [2.75, 3.05) is 11.6 Å². The average Bonchev–Trinajstić information content (AvgIpc) is 2.68. The first kappa shape index (κ1) is 21.7. The van der Waals surface area contributed by atoms with Crippen molar-refractivity contribution in [1.82, 2.24) is 0 Å². The second-order valence-corrected chi connectivity index (χ2v) is 7.89. The Morgan fingerprint density at radius 1 is 1.00 bits per heavy atom. The van der Waals surface area contributed by atoms with Gasteiger partial charge < -0.3 is 14.6 Å². The fourth-order valence-electron chi connectivity index (χ4n) is 2.94. The molecule has 3 aromatic carbocycles. The number of amides is 1. The first-order valence-electron chi connectivity index (χ1n) is 8.85. The smallest absolute Gasteiger partial charge is 0.573 e. The third kappa shape index (κ3) is 5.34. The molecule has 0 saturated carbocycles. The molecule has 8 heteroatoms. The molecule has 0 radical (unpaired) electrons. The zero-order valence-electron chi connectivity index (χ0n) is 16.1. The molecule has 3 aromatic rings. The Balaban J connectivity index is 1.83. The number of anilines is 1. The first-order valence-corrected chi connectivity index (χ1v) is 10.4. The minimum Gasteiger partial charge on any atom is -0.612 e. The molecule has 0 fully saturated rings. The van der Waals surface area contributed by atoms with Crippen LogP contribution >= 0.6 is 0 Å². The molecule has 0 aromatic heterocycles. The molecule has 3 rings (SSSR count). The van der Waals surface area contributed by atoms with Crippen LogP contribution in [0.5, 0.6) is 5.75 Å². The molecule has 1 N–H and O–H groups in total. The standard InChI is InChI=1S/C22H18F3NO3S/c1-14-13-15(21(27)26-16-8-10-17(11-9-16)30(2)28)7-12-18(14)19-5-3-4-6-20(19)29-22(23,24)25/h3-13H,1-2H3,(H,26,27). The van der Waals surface area contributed by atoms with Gasteiger partial charge in [-0.2, -0.15) is 0 Å². The van der Waals surface area contributed by atoms with Crippen molar-refractivity contribution >= 4 is 22.8 Å². The van der Waals surface area contributed by atoms with Gasteiger partial charge in [-0.3, -0.25) is 4.79 Å². The third-order valence-electron chi connectivity index (χ3n) is 4.34. The Morgan fingerprint density at radius 2 is 1.67 bits per heavy atom. The van der Waals surface area contributed by atoms with Crippen LogP contribution in [0.15, 0.2) is 71.6 Å². The first-order chi connectivity index (χ1) is 14.1. The van der Waals surface area contributed by atoms with Crippen LogP contribution in [0.2, 0.25) is 0 Å². The van der Waals surface area contributed by atoms with Crippen LogP contribution < -0.4 is 10.1 Å². The highest BCUT2D eigenvalue weighted by Gasteiger charge is 2.32. The van der Waals surface area contributed by atoms with Gasteiger partial charge in [0.2, 0.25) is 0 Å². The van der Waals surface area contributed by atoms with Gasteiger partial charge in [0.25, 0.3) is 5.91 Å². The van der Waals surface area contributed by atoms with Crippen molar-refractivity contribution in [3.8, 4) is 16.9 Å². The Labute approximate surface area is 174 Å². The molecule has 0 heterocycles.